The SMILES string of the molecule is Cc1ccc2ccc3c(c2n1)OC(N)=C(C#N)C3c1ccccc1. The van der Waals surface area contributed by atoms with E-state index in [-0.39, 0.29) is 11.8 Å². The first-order valence-electron chi connectivity index (χ1n) is 7.72. The number of fused-ring (bicyclic) bond motifs is 3. The maximum Gasteiger partial charge on any atom is 0.205 e. The topological polar surface area (TPSA) is 71.9 Å². The van der Waals surface area contributed by atoms with Crippen LogP contribution >= 0.6 is 0 Å². The van der Waals surface area contributed by atoms with Crippen LogP contribution < -0.4 is 10.5 Å². The molecule has 0 saturated carbocycles. The monoisotopic (exact) mass is 313 g/mol. The number of benzene rings is 2. The first-order valence-corrected chi connectivity index (χ1v) is 7.72. The summed E-state index contributed by atoms with van der Waals surface area (Å²) in [7, 11) is 0. The highest BCUT2D eigenvalue weighted by molar-refractivity contribution is 5.87. The Morgan fingerprint density at radius 3 is 2.58 bits per heavy atom. The second-order valence-corrected chi connectivity index (χ2v) is 5.84. The van der Waals surface area contributed by atoms with Gasteiger partial charge in [-0.05, 0) is 18.6 Å². The van der Waals surface area contributed by atoms with E-state index in [1.165, 1.54) is 0 Å². The Morgan fingerprint density at radius 2 is 1.83 bits per heavy atom. The standard InChI is InChI=1S/C20H15N3O/c1-12-7-8-14-9-10-15-17(13-5-3-2-4-6-13)16(11-21)20(22)24-19(15)18(14)23-12/h2-10,17H,22H2,1H3. The lowest BCUT2D eigenvalue weighted by atomic mass is 9.83. The molecular weight excluding hydrogens is 298 g/mol. The fraction of sp³-hybridized carbons (Fsp3) is 0.100. The Kier molecular flexibility index (Phi) is 3.21. The van der Waals surface area contributed by atoms with Crippen LogP contribution in [0.3, 0.4) is 0 Å². The van der Waals surface area contributed by atoms with Gasteiger partial charge in [0.05, 0.1) is 5.92 Å². The average molecular weight is 313 g/mol. The smallest absolute Gasteiger partial charge is 0.205 e. The molecule has 24 heavy (non-hydrogen) atoms. The third kappa shape index (κ3) is 2.10. The Bertz CT molecular complexity index is 1020. The van der Waals surface area contributed by atoms with Crippen LogP contribution in [0.2, 0.25) is 0 Å². The largest absolute Gasteiger partial charge is 0.438 e. The number of ether oxygens (including phenoxy) is 1. The van der Waals surface area contributed by atoms with Crippen molar-refractivity contribution in [3.8, 4) is 11.8 Å². The van der Waals surface area contributed by atoms with Gasteiger partial charge in [-0.3, -0.25) is 0 Å². The number of pyridine rings is 1. The summed E-state index contributed by atoms with van der Waals surface area (Å²) in [5, 5.41) is 10.6. The van der Waals surface area contributed by atoms with E-state index in [9.17, 15) is 5.26 Å². The molecular formula is C20H15N3O. The zero-order chi connectivity index (χ0) is 16.7. The predicted molar refractivity (Wildman–Crippen MR) is 92.2 cm³/mol. The number of aromatic nitrogens is 1. The van der Waals surface area contributed by atoms with Gasteiger partial charge >= 0.3 is 0 Å². The van der Waals surface area contributed by atoms with Crippen molar-refractivity contribution in [1.82, 2.24) is 4.98 Å². The van der Waals surface area contributed by atoms with Gasteiger partial charge in [0, 0.05) is 16.6 Å². The van der Waals surface area contributed by atoms with Gasteiger partial charge in [-0.15, -0.1) is 0 Å². The van der Waals surface area contributed by atoms with Crippen LogP contribution in [0, 0.1) is 18.3 Å². The van der Waals surface area contributed by atoms with Gasteiger partial charge in [0.2, 0.25) is 5.88 Å². The highest BCUT2D eigenvalue weighted by Gasteiger charge is 2.31. The number of nitrogens with two attached hydrogens (primary N) is 1. The normalized spacial score (nSPS) is 16.4. The van der Waals surface area contributed by atoms with E-state index in [2.05, 4.69) is 11.1 Å². The van der Waals surface area contributed by atoms with Gasteiger partial charge in [-0.1, -0.05) is 48.5 Å². The highest BCUT2D eigenvalue weighted by atomic mass is 16.5. The molecule has 0 fully saturated rings. The molecule has 2 N–H and O–H groups in total. The Morgan fingerprint density at radius 1 is 1.08 bits per heavy atom. The summed E-state index contributed by atoms with van der Waals surface area (Å²) in [6, 6.07) is 20.1. The van der Waals surface area contributed by atoms with Crippen LogP contribution in [0.15, 0.2) is 66.1 Å². The predicted octanol–water partition coefficient (Wildman–Crippen LogP) is 3.76. The number of hydrogen-bond acceptors (Lipinski definition) is 4. The summed E-state index contributed by atoms with van der Waals surface area (Å²) < 4.78 is 5.83. The van der Waals surface area contributed by atoms with Crippen molar-refractivity contribution in [3.05, 3.63) is 82.9 Å². The lowest BCUT2D eigenvalue weighted by Crippen LogP contribution is -2.21. The highest BCUT2D eigenvalue weighted by Crippen LogP contribution is 2.44. The van der Waals surface area contributed by atoms with Crippen LogP contribution in [-0.4, -0.2) is 4.98 Å². The molecule has 4 rings (SSSR count). The second kappa shape index (κ2) is 5.39. The van der Waals surface area contributed by atoms with Gasteiger partial charge in [-0.2, -0.15) is 5.26 Å². The van der Waals surface area contributed by atoms with Crippen LogP contribution in [0.25, 0.3) is 10.9 Å². The molecule has 3 aromatic rings. The molecule has 0 radical (unpaired) electrons. The van der Waals surface area contributed by atoms with Crippen LogP contribution in [0.5, 0.6) is 5.75 Å². The van der Waals surface area contributed by atoms with Gasteiger partial charge < -0.3 is 10.5 Å². The first kappa shape index (κ1) is 14.3. The summed E-state index contributed by atoms with van der Waals surface area (Å²) in [4.78, 5) is 4.62. The zero-order valence-electron chi connectivity index (χ0n) is 13.2. The molecule has 1 aliphatic rings. The van der Waals surface area contributed by atoms with Gasteiger partial charge in [0.25, 0.3) is 0 Å². The summed E-state index contributed by atoms with van der Waals surface area (Å²) in [6.45, 7) is 1.94. The van der Waals surface area contributed by atoms with Crippen molar-refractivity contribution >= 4 is 10.9 Å². The van der Waals surface area contributed by atoms with E-state index >= 15 is 0 Å². The lowest BCUT2D eigenvalue weighted by molar-refractivity contribution is 0.397. The number of allylic oxidation sites excluding steroid dienone is 1. The molecule has 2 heterocycles. The third-order valence-corrected chi connectivity index (χ3v) is 4.32. The van der Waals surface area contributed by atoms with E-state index in [1.807, 2.05) is 61.5 Å². The minimum atomic E-state index is -0.244. The molecule has 0 bridgehead atoms. The van der Waals surface area contributed by atoms with E-state index < -0.39 is 0 Å². The van der Waals surface area contributed by atoms with E-state index in [0.717, 1.165) is 27.7 Å². The Balaban J connectivity index is 2.03. The van der Waals surface area contributed by atoms with Crippen molar-refractivity contribution in [1.29, 1.82) is 5.26 Å². The first-order chi connectivity index (χ1) is 11.7. The fourth-order valence-electron chi connectivity index (χ4n) is 3.18. The Labute approximate surface area is 139 Å². The fourth-order valence-corrected chi connectivity index (χ4v) is 3.18. The van der Waals surface area contributed by atoms with Crippen molar-refractivity contribution in [2.75, 3.05) is 0 Å². The molecule has 4 heteroatoms. The number of rotatable bonds is 1. The Hall–Kier alpha value is -3.32. The minimum Gasteiger partial charge on any atom is -0.438 e. The summed E-state index contributed by atoms with van der Waals surface area (Å²) in [6.07, 6.45) is 0. The molecule has 1 aromatic heterocycles. The molecule has 1 atom stereocenters. The molecule has 0 aliphatic carbocycles. The van der Waals surface area contributed by atoms with E-state index in [4.69, 9.17) is 10.5 Å². The lowest BCUT2D eigenvalue weighted by Gasteiger charge is -2.27. The molecule has 1 aliphatic heterocycles. The summed E-state index contributed by atoms with van der Waals surface area (Å²) in [5.74, 6) is 0.544. The molecule has 116 valence electrons. The molecule has 2 aromatic carbocycles. The third-order valence-electron chi connectivity index (χ3n) is 4.32. The minimum absolute atomic E-state index is 0.148. The van der Waals surface area contributed by atoms with Gasteiger partial charge in [0.15, 0.2) is 5.75 Å². The molecule has 0 saturated heterocycles. The number of nitriles is 1. The number of hydrogen-bond donors (Lipinski definition) is 1. The maximum absolute atomic E-state index is 9.59. The number of nitrogens with zero attached hydrogens (tertiary/aromatic N) is 2. The maximum atomic E-state index is 9.59. The van der Waals surface area contributed by atoms with Crippen molar-refractivity contribution < 1.29 is 4.74 Å². The quantitative estimate of drug-likeness (QED) is 0.742. The van der Waals surface area contributed by atoms with Crippen molar-refractivity contribution in [2.45, 2.75) is 12.8 Å². The van der Waals surface area contributed by atoms with E-state index in [0.29, 0.717) is 11.3 Å². The molecule has 1 unspecified atom stereocenters. The molecule has 0 spiro atoms. The second-order valence-electron chi connectivity index (χ2n) is 5.84. The summed E-state index contributed by atoms with van der Waals surface area (Å²) in [5.41, 5.74) is 10.1. The van der Waals surface area contributed by atoms with Crippen molar-refractivity contribution in [3.63, 3.8) is 0 Å². The number of aryl methyl sites for hydroxylation is 1. The molecule has 4 nitrogen and oxygen atoms in total. The van der Waals surface area contributed by atoms with Crippen LogP contribution in [0.4, 0.5) is 0 Å². The summed E-state index contributed by atoms with van der Waals surface area (Å²) >= 11 is 0. The molecule has 0 amide bonds. The van der Waals surface area contributed by atoms with Crippen LogP contribution in [0.1, 0.15) is 22.7 Å². The van der Waals surface area contributed by atoms with Gasteiger partial charge in [-0.25, -0.2) is 4.98 Å². The average Bonchev–Trinajstić information content (AvgIpc) is 2.61. The van der Waals surface area contributed by atoms with Crippen LogP contribution in [-0.2, 0) is 0 Å². The zero-order valence-corrected chi connectivity index (χ0v) is 13.2. The van der Waals surface area contributed by atoms with Gasteiger partial charge in [0.1, 0.15) is 17.2 Å². The van der Waals surface area contributed by atoms with Crippen molar-refractivity contribution in [2.24, 2.45) is 5.73 Å². The van der Waals surface area contributed by atoms with E-state index in [1.54, 1.807) is 0 Å².